The van der Waals surface area contributed by atoms with Gasteiger partial charge in [0, 0.05) is 354 Å². The van der Waals surface area contributed by atoms with Gasteiger partial charge in [0.1, 0.15) is 12.5 Å². The maximum atomic E-state index is 13.7. The van der Waals surface area contributed by atoms with Gasteiger partial charge in [-0.1, -0.05) is 6.92 Å². The quantitative estimate of drug-likeness (QED) is 0.0199. The highest BCUT2D eigenvalue weighted by molar-refractivity contribution is 5.78. The van der Waals surface area contributed by atoms with Gasteiger partial charge in [0.05, 0.1) is 70.4 Å². The minimum absolute atomic E-state index is 0.00751. The Bertz CT molecular complexity index is 2180. The third-order valence-corrected chi connectivity index (χ3v) is 21.4. The molecule has 5 atom stereocenters. The summed E-state index contributed by atoms with van der Waals surface area (Å²) in [6.07, 6.45) is -2.28. The third-order valence-electron chi connectivity index (χ3n) is 21.4. The van der Waals surface area contributed by atoms with Crippen molar-refractivity contribution in [3.05, 3.63) is 0 Å². The lowest BCUT2D eigenvalue weighted by atomic mass is 9.92. The van der Waals surface area contributed by atoms with Gasteiger partial charge < -0.3 is 108 Å². The van der Waals surface area contributed by atoms with Gasteiger partial charge in [-0.2, -0.15) is 0 Å². The smallest absolute Gasteiger partial charge is 0.234 e. The van der Waals surface area contributed by atoms with Gasteiger partial charge in [-0.25, -0.2) is 0 Å². The molecule has 7 saturated heterocycles. The van der Waals surface area contributed by atoms with Gasteiger partial charge in [-0.15, -0.1) is 0 Å². The van der Waals surface area contributed by atoms with E-state index < -0.39 is 30.1 Å². The molecule has 7 rings (SSSR count). The van der Waals surface area contributed by atoms with Crippen molar-refractivity contribution in [3.8, 4) is 0 Å². The first-order valence-corrected chi connectivity index (χ1v) is 42.0. The number of carbonyl (C=O) groups is 2. The van der Waals surface area contributed by atoms with Gasteiger partial charge in [-0.05, 0) is 19.4 Å². The summed E-state index contributed by atoms with van der Waals surface area (Å²) in [6.45, 7) is 47.9. The Morgan fingerprint density at radius 2 is 0.694 bits per heavy atom. The van der Waals surface area contributed by atoms with Crippen molar-refractivity contribution < 1.29 is 49.0 Å². The Hall–Kier alpha value is -2.30. The number of hydrogen-bond donors (Lipinski definition) is 18. The van der Waals surface area contributed by atoms with Crippen LogP contribution in [0.15, 0.2) is 0 Å². The fraction of sp³-hybridized carbons (Fsp3) is 0.973. The van der Waals surface area contributed by atoms with Crippen LogP contribution in [0.5, 0.6) is 0 Å². The summed E-state index contributed by atoms with van der Waals surface area (Å²) in [5.74, 6) is -0.185. The molecule has 632 valence electrons. The van der Waals surface area contributed by atoms with Crippen LogP contribution in [0.25, 0.3) is 0 Å². The maximum absolute atomic E-state index is 13.7. The van der Waals surface area contributed by atoms with Gasteiger partial charge in [0.25, 0.3) is 0 Å². The van der Waals surface area contributed by atoms with Crippen LogP contribution in [0.2, 0.25) is 0 Å². The molecule has 7 heterocycles. The summed E-state index contributed by atoms with van der Waals surface area (Å²) < 4.78 is 26.9. The molecule has 0 aromatic heterocycles. The molecule has 7 fully saturated rings. The van der Waals surface area contributed by atoms with E-state index in [4.69, 9.17) is 18.9 Å². The fourth-order valence-electron chi connectivity index (χ4n) is 14.9. The number of nitrogens with one attached hydrogen (secondary N) is 14. The lowest BCUT2D eigenvalue weighted by Gasteiger charge is -2.34. The first kappa shape index (κ1) is 92.9. The molecule has 7 aliphatic heterocycles. The second kappa shape index (κ2) is 59.4. The van der Waals surface area contributed by atoms with Crippen molar-refractivity contribution in [2.75, 3.05) is 413 Å². The molecular formula is C73H155N25O10. The Kier molecular flexibility index (Phi) is 51.1. The molecule has 0 saturated carbocycles. The van der Waals surface area contributed by atoms with Crippen molar-refractivity contribution in [1.82, 2.24) is 128 Å². The summed E-state index contributed by atoms with van der Waals surface area (Å²) in [4.78, 5) is 52.6. The van der Waals surface area contributed by atoms with Crippen molar-refractivity contribution in [1.29, 1.82) is 0 Å². The first-order valence-electron chi connectivity index (χ1n) is 42.0. The van der Waals surface area contributed by atoms with Crippen molar-refractivity contribution in [2.45, 2.75) is 44.4 Å². The van der Waals surface area contributed by atoms with Crippen molar-refractivity contribution in [3.63, 3.8) is 0 Å². The van der Waals surface area contributed by atoms with Crippen LogP contribution >= 0.6 is 0 Å². The molecule has 0 radical (unpaired) electrons. The van der Waals surface area contributed by atoms with Crippen molar-refractivity contribution >= 4 is 11.8 Å². The van der Waals surface area contributed by atoms with Crippen LogP contribution in [0.1, 0.15) is 19.8 Å². The second-order valence-electron chi connectivity index (χ2n) is 30.7. The Morgan fingerprint density at radius 3 is 1.11 bits per heavy atom. The molecule has 0 bridgehead atoms. The van der Waals surface area contributed by atoms with Crippen LogP contribution in [0, 0.1) is 5.41 Å². The van der Waals surface area contributed by atoms with Crippen LogP contribution in [-0.4, -0.2) is 524 Å². The molecule has 7 aliphatic rings. The number of ether oxygens (including phenoxy) is 4. The molecule has 5 unspecified atom stereocenters. The standard InChI is InChI=1S/C73H155N25O10/c1-2-88(29-5-74-6-30-89-31-7-75-8-32-89)27-3-51-105-61-73(62-106-52-4-28-94(43-19-80-13-37-90-33-9-76-10-34-90)55-69(101)84-23-47-92-39-15-78-16-40-92,63-107-59-67(99)53-97(46-20-81-14-38-91-35-11-77-12-36-91)56-70(102)86-25-49-95-44-21-82-65-95)64-108-60-68(100)54-98(58-72(104)87-26-50-96-45-22-83-66-96)57-71(103)85-24-48-93-41-17-79-18-42-93/h67-68,70-71,74-83,85-86,99-100,102-103H,2-66H2,1H3,(H,84,101)(H,87,104). The zero-order valence-corrected chi connectivity index (χ0v) is 66.9. The number of piperazine rings is 5. The molecular weight excluding hydrogens is 1390 g/mol. The number of likely N-dealkylation sites (N-methyl/N-ethyl adjacent to an activating group) is 1. The molecule has 0 aliphatic carbocycles. The summed E-state index contributed by atoms with van der Waals surface area (Å²) in [7, 11) is 0. The lowest BCUT2D eigenvalue weighted by Crippen LogP contribution is -2.50. The van der Waals surface area contributed by atoms with Crippen molar-refractivity contribution in [2.24, 2.45) is 5.41 Å². The van der Waals surface area contributed by atoms with Gasteiger partial charge in [0.15, 0.2) is 0 Å². The highest BCUT2D eigenvalue weighted by Gasteiger charge is 2.34. The van der Waals surface area contributed by atoms with E-state index in [1.54, 1.807) is 4.90 Å². The number of rotatable bonds is 65. The average molecular weight is 1540 g/mol. The van der Waals surface area contributed by atoms with Gasteiger partial charge >= 0.3 is 0 Å². The Labute approximate surface area is 649 Å². The summed E-state index contributed by atoms with van der Waals surface area (Å²) in [5, 5.41) is 94.4. The van der Waals surface area contributed by atoms with E-state index in [9.17, 15) is 30.0 Å². The van der Waals surface area contributed by atoms with E-state index in [1.807, 2.05) is 0 Å². The SMILES string of the molecule is CCN(CCCOCC(COCCCN(CCNCCN1CCNCC1)CC(=O)NCCN1CCNCC1)(COCC(O)CN(CCNCCN1CCNCC1)CC(O)NCCN1CCNC1)COCC(O)CN(CC(=O)NCCN1CCNC1)CC(O)NCCN1CCNCC1)CCNCCN1CCNCC1. The predicted octanol–water partition coefficient (Wildman–Crippen LogP) is -10.2. The second-order valence-corrected chi connectivity index (χ2v) is 30.7. The molecule has 35 heteroatoms. The first-order chi connectivity index (χ1) is 53.0. The highest BCUT2D eigenvalue weighted by Crippen LogP contribution is 2.22. The Balaban J connectivity index is 1.03. The number of carbonyl (C=O) groups excluding carboxylic acids is 2. The van der Waals surface area contributed by atoms with Gasteiger partial charge in [0.2, 0.25) is 11.8 Å². The molecule has 0 aromatic carbocycles. The summed E-state index contributed by atoms with van der Waals surface area (Å²) in [5.41, 5.74) is -0.926. The van der Waals surface area contributed by atoms with Crippen LogP contribution < -0.4 is 74.4 Å². The largest absolute Gasteiger partial charge is 0.389 e. The highest BCUT2D eigenvalue weighted by atomic mass is 16.5. The third kappa shape index (κ3) is 44.0. The summed E-state index contributed by atoms with van der Waals surface area (Å²) in [6, 6.07) is 0. The number of aliphatic hydroxyl groups is 4. The normalized spacial score (nSPS) is 20.7. The zero-order valence-electron chi connectivity index (χ0n) is 66.9. The average Bonchev–Trinajstić information content (AvgIpc) is 1.77. The summed E-state index contributed by atoms with van der Waals surface area (Å²) >= 11 is 0. The number of aliphatic hydroxyl groups excluding tert-OH is 4. The van der Waals surface area contributed by atoms with E-state index in [2.05, 4.69) is 130 Å². The molecule has 35 nitrogen and oxygen atoms in total. The fourth-order valence-corrected chi connectivity index (χ4v) is 14.9. The topological polar surface area (TPSA) is 356 Å². The van der Waals surface area contributed by atoms with Crippen LogP contribution in [-0.2, 0) is 28.5 Å². The minimum Gasteiger partial charge on any atom is -0.389 e. The van der Waals surface area contributed by atoms with E-state index in [1.165, 1.54) is 0 Å². The van der Waals surface area contributed by atoms with Crippen LogP contribution in [0.4, 0.5) is 0 Å². The number of amides is 2. The van der Waals surface area contributed by atoms with E-state index in [-0.39, 0.29) is 84.2 Å². The van der Waals surface area contributed by atoms with E-state index >= 15 is 0 Å². The molecule has 0 aromatic rings. The lowest BCUT2D eigenvalue weighted by molar-refractivity contribution is -0.126. The minimum atomic E-state index is -1.05. The molecule has 18 N–H and O–H groups in total. The van der Waals surface area contributed by atoms with E-state index in [0.29, 0.717) is 85.1 Å². The zero-order chi connectivity index (χ0) is 76.0. The maximum Gasteiger partial charge on any atom is 0.234 e. The van der Waals surface area contributed by atoms with Gasteiger partial charge in [-0.3, -0.25) is 69.2 Å². The molecule has 108 heavy (non-hydrogen) atoms. The number of nitrogens with zero attached hydrogens (tertiary/aromatic N) is 11. The molecule has 0 spiro atoms. The molecule has 2 amide bonds. The number of hydrogen-bond acceptors (Lipinski definition) is 33. The van der Waals surface area contributed by atoms with E-state index in [0.717, 1.165) is 268 Å². The van der Waals surface area contributed by atoms with Crippen LogP contribution in [0.3, 0.4) is 0 Å². The monoisotopic (exact) mass is 1540 g/mol. The Morgan fingerprint density at radius 1 is 0.370 bits per heavy atom. The predicted molar refractivity (Wildman–Crippen MR) is 426 cm³/mol.